The Bertz CT molecular complexity index is 1610. The molecule has 2 aromatic rings. The minimum Gasteiger partial charge on any atom is -0.497 e. The predicted molar refractivity (Wildman–Crippen MR) is 148 cm³/mol. The summed E-state index contributed by atoms with van der Waals surface area (Å²) in [5, 5.41) is -0.319. The van der Waals surface area contributed by atoms with E-state index in [1.165, 1.54) is 18.9 Å². The van der Waals surface area contributed by atoms with E-state index in [1.807, 2.05) is 0 Å². The molecule has 0 saturated heterocycles. The monoisotopic (exact) mass is 862 g/mol. The largest absolute Gasteiger partial charge is 0.497 e. The number of thioether (sulfide) groups is 1. The number of esters is 1. The lowest BCUT2D eigenvalue weighted by Gasteiger charge is -2.44. The number of hydrogen-bond acceptors (Lipinski definition) is 4. The fourth-order valence-electron chi connectivity index (χ4n) is 4.24. The summed E-state index contributed by atoms with van der Waals surface area (Å²) in [6, 6.07) is 10.3. The van der Waals surface area contributed by atoms with Gasteiger partial charge in [0, 0.05) is 16.6 Å². The summed E-state index contributed by atoms with van der Waals surface area (Å²) in [4.78, 5) is 12.9. The van der Waals surface area contributed by atoms with Crippen molar-refractivity contribution in [3.8, 4) is 5.75 Å². The van der Waals surface area contributed by atoms with Crippen molar-refractivity contribution in [2.75, 3.05) is 7.11 Å². The van der Waals surface area contributed by atoms with E-state index < -0.39 is 90.5 Å². The van der Waals surface area contributed by atoms with Crippen LogP contribution in [0.5, 0.6) is 5.75 Å². The van der Waals surface area contributed by atoms with E-state index in [1.54, 1.807) is 31.2 Å². The molecule has 0 heterocycles. The van der Waals surface area contributed by atoms with Crippen molar-refractivity contribution in [3.63, 3.8) is 0 Å². The molecule has 0 aliphatic carbocycles. The van der Waals surface area contributed by atoms with Crippen LogP contribution in [0.25, 0.3) is 0 Å². The van der Waals surface area contributed by atoms with Crippen LogP contribution in [0, 0.1) is 0 Å². The van der Waals surface area contributed by atoms with Gasteiger partial charge in [-0.05, 0) is 41.8 Å². The Labute approximate surface area is 299 Å². The van der Waals surface area contributed by atoms with E-state index >= 15 is 0 Å². The topological polar surface area (TPSA) is 35.5 Å². The SMILES string of the molecule is COc1ccc(SC(C)CC(=O)OCc2ccc(CCC(F)(F)C(F)(F)C(F)(F)C(F)(F)C(F)(F)C(F)(F)C(F)(F)C(F)(F)C(F)(F)C(F)(F)F)cc2)cc1. The first-order valence-electron chi connectivity index (χ1n) is 14.5. The quantitative estimate of drug-likeness (QED) is 0.0850. The molecule has 3 nitrogen and oxygen atoms in total. The van der Waals surface area contributed by atoms with Crippen LogP contribution in [-0.2, 0) is 22.6 Å². The number of rotatable bonds is 18. The molecule has 2 rings (SSSR count). The predicted octanol–water partition coefficient (Wildman–Crippen LogP) is 11.5. The van der Waals surface area contributed by atoms with E-state index in [9.17, 15) is 97.0 Å². The van der Waals surface area contributed by atoms with Gasteiger partial charge < -0.3 is 9.47 Å². The Morgan fingerprint density at radius 3 is 1.35 bits per heavy atom. The molecule has 0 fully saturated rings. The van der Waals surface area contributed by atoms with E-state index in [4.69, 9.17) is 9.47 Å². The maximum absolute atomic E-state index is 14.3. The third-order valence-electron chi connectivity index (χ3n) is 7.58. The number of carbonyl (C=O) groups excluding carboxylic acids is 1. The van der Waals surface area contributed by atoms with Crippen molar-refractivity contribution in [1.29, 1.82) is 0 Å². The molecule has 0 aliphatic heterocycles. The maximum Gasteiger partial charge on any atom is 0.460 e. The lowest BCUT2D eigenvalue weighted by molar-refractivity contribution is -0.474. The fraction of sp³-hybridized carbons (Fsp3) is 0.567. The summed E-state index contributed by atoms with van der Waals surface area (Å²) in [6.07, 6.45) is -12.4. The zero-order valence-corrected chi connectivity index (χ0v) is 27.9. The normalized spacial score (nSPS) is 15.2. The van der Waals surface area contributed by atoms with Crippen LogP contribution in [0.4, 0.5) is 92.2 Å². The molecule has 0 amide bonds. The maximum atomic E-state index is 14.3. The van der Waals surface area contributed by atoms with E-state index in [0.29, 0.717) is 5.75 Å². The van der Waals surface area contributed by atoms with Crippen molar-refractivity contribution >= 4 is 17.7 Å². The molecule has 314 valence electrons. The molecule has 1 unspecified atom stereocenters. The number of carbonyl (C=O) groups is 1. The van der Waals surface area contributed by atoms with Gasteiger partial charge in [0.05, 0.1) is 13.5 Å². The minimum atomic E-state index is -9.21. The second-order valence-corrected chi connectivity index (χ2v) is 13.1. The first-order valence-corrected chi connectivity index (χ1v) is 15.4. The van der Waals surface area contributed by atoms with E-state index in [-0.39, 0.29) is 17.2 Å². The number of aryl methyl sites for hydroxylation is 1. The van der Waals surface area contributed by atoms with Crippen LogP contribution < -0.4 is 4.74 Å². The molecule has 0 radical (unpaired) electrons. The van der Waals surface area contributed by atoms with Crippen LogP contribution in [0.3, 0.4) is 0 Å². The molecule has 2 aromatic carbocycles. The summed E-state index contributed by atoms with van der Waals surface area (Å²) in [5.41, 5.74) is -0.441. The van der Waals surface area contributed by atoms with Gasteiger partial charge in [-0.25, -0.2) is 0 Å². The Kier molecular flexibility index (Phi) is 13.5. The average Bonchev–Trinajstić information content (AvgIpc) is 3.05. The van der Waals surface area contributed by atoms with Crippen LogP contribution in [0.2, 0.25) is 0 Å². The number of benzene rings is 2. The molecular weight excluding hydrogens is 839 g/mol. The molecule has 0 bridgehead atoms. The number of alkyl halides is 21. The zero-order valence-electron chi connectivity index (χ0n) is 27.1. The van der Waals surface area contributed by atoms with E-state index in [2.05, 4.69) is 0 Å². The molecular formula is C30H23F21O3S. The van der Waals surface area contributed by atoms with Crippen molar-refractivity contribution in [2.24, 2.45) is 0 Å². The van der Waals surface area contributed by atoms with Gasteiger partial charge in [-0.15, -0.1) is 11.8 Å². The number of halogens is 21. The Morgan fingerprint density at radius 1 is 0.564 bits per heavy atom. The molecule has 25 heteroatoms. The molecule has 0 N–H and O–H groups in total. The van der Waals surface area contributed by atoms with Gasteiger partial charge in [0.1, 0.15) is 12.4 Å². The molecule has 0 aliphatic rings. The summed E-state index contributed by atoms with van der Waals surface area (Å²) >= 11 is 1.29. The second-order valence-electron chi connectivity index (χ2n) is 11.6. The summed E-state index contributed by atoms with van der Waals surface area (Å²) in [6.45, 7) is 1.19. The first-order chi connectivity index (χ1) is 24.5. The van der Waals surface area contributed by atoms with Crippen LogP contribution in [-0.4, -0.2) is 77.8 Å². The van der Waals surface area contributed by atoms with Crippen LogP contribution >= 0.6 is 11.8 Å². The molecule has 0 saturated carbocycles. The van der Waals surface area contributed by atoms with Gasteiger partial charge in [-0.1, -0.05) is 31.2 Å². The van der Waals surface area contributed by atoms with Gasteiger partial charge in [0.25, 0.3) is 0 Å². The van der Waals surface area contributed by atoms with Crippen molar-refractivity contribution in [1.82, 2.24) is 0 Å². The lowest BCUT2D eigenvalue weighted by Crippen LogP contribution is -2.76. The van der Waals surface area contributed by atoms with Crippen LogP contribution in [0.15, 0.2) is 53.4 Å². The van der Waals surface area contributed by atoms with Crippen molar-refractivity contribution in [2.45, 2.75) is 102 Å². The molecule has 1 atom stereocenters. The average molecular weight is 863 g/mol. The third-order valence-corrected chi connectivity index (χ3v) is 8.69. The van der Waals surface area contributed by atoms with Gasteiger partial charge in [-0.3, -0.25) is 4.79 Å². The molecule has 0 aromatic heterocycles. The van der Waals surface area contributed by atoms with E-state index in [0.717, 1.165) is 29.2 Å². The first kappa shape index (κ1) is 47.7. The standard InChI is InChI=1S/C30H23F21O3S/c1-15(55-19-9-7-18(53-2)8-10-19)13-20(52)54-14-17-5-3-16(4-6-17)11-12-21(31,32)22(33,34)23(35,36)24(37,38)25(39,40)26(41,42)27(43,44)28(45,46)29(47,48)30(49,50)51/h3-10,15H,11-14H2,1-2H3. The third kappa shape index (κ3) is 8.49. The highest BCUT2D eigenvalue weighted by Crippen LogP contribution is 2.66. The highest BCUT2D eigenvalue weighted by molar-refractivity contribution is 8.00. The number of ether oxygens (including phenoxy) is 2. The highest BCUT2D eigenvalue weighted by atomic mass is 32.2. The summed E-state index contributed by atoms with van der Waals surface area (Å²) < 4.78 is 295. The summed E-state index contributed by atoms with van der Waals surface area (Å²) in [7, 11) is 1.45. The number of hydrogen-bond donors (Lipinski definition) is 0. The minimum absolute atomic E-state index is 0.0920. The van der Waals surface area contributed by atoms with Gasteiger partial charge in [0.15, 0.2) is 0 Å². The summed E-state index contributed by atoms with van der Waals surface area (Å²) in [5.74, 6) is -77.3. The number of methoxy groups -OCH3 is 1. The fourth-order valence-corrected chi connectivity index (χ4v) is 5.21. The Hall–Kier alpha value is -3.41. The molecule has 55 heavy (non-hydrogen) atoms. The van der Waals surface area contributed by atoms with Gasteiger partial charge in [-0.2, -0.15) is 92.2 Å². The zero-order chi connectivity index (χ0) is 43.1. The highest BCUT2D eigenvalue weighted by Gasteiger charge is 2.97. The smallest absolute Gasteiger partial charge is 0.460 e. The van der Waals surface area contributed by atoms with Crippen molar-refractivity contribution < 1.29 is 106 Å². The van der Waals surface area contributed by atoms with Gasteiger partial charge in [0.2, 0.25) is 0 Å². The Morgan fingerprint density at radius 2 is 0.945 bits per heavy atom. The second kappa shape index (κ2) is 15.5. The van der Waals surface area contributed by atoms with Gasteiger partial charge >= 0.3 is 65.4 Å². The molecule has 0 spiro atoms. The van der Waals surface area contributed by atoms with Crippen LogP contribution in [0.1, 0.15) is 30.9 Å². The Balaban J connectivity index is 2.19. The lowest BCUT2D eigenvalue weighted by atomic mass is 9.85. The van der Waals surface area contributed by atoms with Crippen molar-refractivity contribution in [3.05, 3.63) is 59.7 Å².